The molecule has 1 saturated heterocycles. The molecule has 2 aromatic carbocycles. The Labute approximate surface area is 317 Å². The van der Waals surface area contributed by atoms with Crippen molar-refractivity contribution in [3.05, 3.63) is 71.8 Å². The van der Waals surface area contributed by atoms with Gasteiger partial charge in [-0.05, 0) is 70.4 Å². The van der Waals surface area contributed by atoms with Gasteiger partial charge in [-0.25, -0.2) is 4.79 Å². The number of hydrogen-bond donors (Lipinski definition) is 4. The average Bonchev–Trinajstić information content (AvgIpc) is 3.60. The van der Waals surface area contributed by atoms with E-state index >= 15 is 0 Å². The molecule has 2 fully saturated rings. The molecule has 2 aliphatic rings. The summed E-state index contributed by atoms with van der Waals surface area (Å²) in [4.78, 5) is 94.7. The van der Waals surface area contributed by atoms with Crippen molar-refractivity contribution in [2.45, 2.75) is 122 Å². The maximum absolute atomic E-state index is 14.5. The lowest BCUT2D eigenvalue weighted by atomic mass is 9.83. The average molecular weight is 746 g/mol. The van der Waals surface area contributed by atoms with Crippen molar-refractivity contribution in [2.24, 2.45) is 5.92 Å². The zero-order valence-corrected chi connectivity index (χ0v) is 32.0. The molecule has 0 aromatic heterocycles. The van der Waals surface area contributed by atoms with E-state index in [4.69, 9.17) is 4.74 Å². The second-order valence-corrected chi connectivity index (χ2v) is 15.3. The van der Waals surface area contributed by atoms with Gasteiger partial charge in [0.1, 0.15) is 23.7 Å². The van der Waals surface area contributed by atoms with Gasteiger partial charge in [0.05, 0.1) is 12.6 Å². The Morgan fingerprint density at radius 3 is 2.07 bits per heavy atom. The molecule has 5 atom stereocenters. The van der Waals surface area contributed by atoms with Gasteiger partial charge in [-0.15, -0.1) is 0 Å². The topological polar surface area (TPSA) is 180 Å². The minimum absolute atomic E-state index is 0.137. The first-order valence-electron chi connectivity index (χ1n) is 19.0. The minimum atomic E-state index is -1.22. The zero-order valence-electron chi connectivity index (χ0n) is 32.0. The van der Waals surface area contributed by atoms with Crippen molar-refractivity contribution in [3.63, 3.8) is 0 Å². The number of likely N-dealkylation sites (tertiary alicyclic amines) is 1. The van der Waals surface area contributed by atoms with Gasteiger partial charge in [0.2, 0.25) is 23.5 Å². The number of carbonyl (C=O) groups excluding carboxylic acids is 7. The van der Waals surface area contributed by atoms with Crippen molar-refractivity contribution in [1.29, 1.82) is 0 Å². The number of amides is 5. The highest BCUT2D eigenvalue weighted by molar-refractivity contribution is 6.38. The molecule has 0 radical (unpaired) electrons. The largest absolute Gasteiger partial charge is 0.444 e. The van der Waals surface area contributed by atoms with E-state index in [0.29, 0.717) is 12.0 Å². The highest BCUT2D eigenvalue weighted by Crippen LogP contribution is 2.35. The fraction of sp³-hybridized carbons (Fsp3) is 0.537. The lowest BCUT2D eigenvalue weighted by Crippen LogP contribution is -2.58. The van der Waals surface area contributed by atoms with Gasteiger partial charge >= 0.3 is 6.09 Å². The third-order valence-electron chi connectivity index (χ3n) is 9.91. The minimum Gasteiger partial charge on any atom is -0.444 e. The predicted octanol–water partition coefficient (Wildman–Crippen LogP) is 4.26. The first-order chi connectivity index (χ1) is 25.7. The first kappa shape index (κ1) is 41.7. The van der Waals surface area contributed by atoms with Crippen molar-refractivity contribution in [3.8, 4) is 0 Å². The highest BCUT2D eigenvalue weighted by atomic mass is 16.6. The van der Waals surface area contributed by atoms with Crippen molar-refractivity contribution in [2.75, 3.05) is 13.1 Å². The maximum Gasteiger partial charge on any atom is 0.408 e. The van der Waals surface area contributed by atoms with E-state index in [-0.39, 0.29) is 37.0 Å². The number of nitrogens with one attached hydrogen (secondary N) is 4. The normalized spacial score (nSPS) is 19.1. The van der Waals surface area contributed by atoms with Crippen molar-refractivity contribution < 1.29 is 38.3 Å². The van der Waals surface area contributed by atoms with Crippen LogP contribution in [0.25, 0.3) is 0 Å². The number of hydrogen-bond acceptors (Lipinski definition) is 8. The lowest BCUT2D eigenvalue weighted by molar-refractivity contribution is -0.143. The summed E-state index contributed by atoms with van der Waals surface area (Å²) in [5.41, 5.74) is 0.735. The summed E-state index contributed by atoms with van der Waals surface area (Å²) in [6, 6.07) is 14.1. The number of benzene rings is 2. The third kappa shape index (κ3) is 11.7. The Bertz CT molecular complexity index is 1640. The molecule has 4 N–H and O–H groups in total. The van der Waals surface area contributed by atoms with Crippen LogP contribution in [0.2, 0.25) is 0 Å². The van der Waals surface area contributed by atoms with E-state index in [9.17, 15) is 33.6 Å². The molecule has 54 heavy (non-hydrogen) atoms. The molecular weight excluding hydrogens is 690 g/mol. The molecule has 13 nitrogen and oxygen atoms in total. The van der Waals surface area contributed by atoms with Crippen LogP contribution in [0, 0.1) is 5.92 Å². The van der Waals surface area contributed by atoms with Crippen LogP contribution < -0.4 is 21.3 Å². The van der Waals surface area contributed by atoms with E-state index in [1.54, 1.807) is 58.0 Å². The fourth-order valence-corrected chi connectivity index (χ4v) is 7.27. The van der Waals surface area contributed by atoms with Gasteiger partial charge < -0.3 is 30.9 Å². The fourth-order valence-electron chi connectivity index (χ4n) is 7.27. The zero-order chi connectivity index (χ0) is 39.4. The van der Waals surface area contributed by atoms with Crippen LogP contribution in [0.1, 0.15) is 109 Å². The Hall–Kier alpha value is -5.07. The van der Waals surface area contributed by atoms with Crippen LogP contribution in [-0.2, 0) is 33.5 Å². The SMILES string of the molecule is CCCC(NC(=O)[C@@H]1C[C@@H](c2ccccc2)CN1C(=O)[C@@H](NC(=O)OC(C)(C)C)C1CCCCC1)C(=O)C(=O)NCC(=O)N[C@H](C(C)=O)c1ccccc1. The summed E-state index contributed by atoms with van der Waals surface area (Å²) in [6.07, 6.45) is 4.48. The van der Waals surface area contributed by atoms with Crippen LogP contribution in [0.4, 0.5) is 4.79 Å². The molecule has 1 unspecified atom stereocenters. The van der Waals surface area contributed by atoms with Crippen LogP contribution in [0.3, 0.4) is 0 Å². The van der Waals surface area contributed by atoms with Crippen LogP contribution >= 0.6 is 0 Å². The van der Waals surface area contributed by atoms with E-state index in [1.165, 1.54) is 11.8 Å². The Morgan fingerprint density at radius 2 is 1.48 bits per heavy atom. The Kier molecular flexibility index (Phi) is 14.9. The summed E-state index contributed by atoms with van der Waals surface area (Å²) in [6.45, 7) is 8.03. The summed E-state index contributed by atoms with van der Waals surface area (Å²) in [7, 11) is 0. The number of nitrogens with zero attached hydrogens (tertiary/aromatic N) is 1. The van der Waals surface area contributed by atoms with Gasteiger partial charge in [0.25, 0.3) is 5.91 Å². The predicted molar refractivity (Wildman–Crippen MR) is 202 cm³/mol. The quantitative estimate of drug-likeness (QED) is 0.195. The molecule has 5 amide bonds. The summed E-state index contributed by atoms with van der Waals surface area (Å²) >= 11 is 0. The van der Waals surface area contributed by atoms with Crippen molar-refractivity contribution >= 4 is 41.3 Å². The first-order valence-corrected chi connectivity index (χ1v) is 19.0. The van der Waals surface area contributed by atoms with E-state index in [2.05, 4.69) is 21.3 Å². The smallest absolute Gasteiger partial charge is 0.408 e. The van der Waals surface area contributed by atoms with Gasteiger partial charge in [-0.2, -0.15) is 0 Å². The number of ketones is 2. The summed E-state index contributed by atoms with van der Waals surface area (Å²) in [5.74, 6) is -4.31. The number of alkyl carbamates (subject to hydrolysis) is 1. The molecule has 0 spiro atoms. The van der Waals surface area contributed by atoms with E-state index < -0.39 is 71.8 Å². The number of rotatable bonds is 15. The number of ether oxygens (including phenoxy) is 1. The van der Waals surface area contributed by atoms with E-state index in [1.807, 2.05) is 30.3 Å². The summed E-state index contributed by atoms with van der Waals surface area (Å²) < 4.78 is 5.53. The monoisotopic (exact) mass is 745 g/mol. The Balaban J connectivity index is 1.50. The molecule has 2 aromatic rings. The summed E-state index contributed by atoms with van der Waals surface area (Å²) in [5, 5.41) is 10.5. The van der Waals surface area contributed by atoms with Crippen LogP contribution in [0.15, 0.2) is 60.7 Å². The Morgan fingerprint density at radius 1 is 0.852 bits per heavy atom. The molecular formula is C41H55N5O8. The standard InChI is InChI=1S/C41H55N5O8/c1-6-16-31(36(49)38(51)42-24-33(48)44-34(26(2)47)28-19-12-8-13-20-28)43-37(50)32-23-30(27-17-10-7-11-18-27)25-46(32)39(52)35(29-21-14-9-15-22-29)45-40(53)54-41(3,4)5/h7-8,10-13,17-20,29-32,34-35H,6,9,14-16,21-25H2,1-5H3,(H,42,51)(H,43,50)(H,44,48)(H,45,53)/t30-,31?,32+,34-,35+/m1/s1. The number of Topliss-reactive ketones (excluding diaryl/α,β-unsaturated/α-hetero) is 2. The van der Waals surface area contributed by atoms with Gasteiger partial charge in [-0.3, -0.25) is 28.8 Å². The molecule has 1 aliphatic carbocycles. The molecule has 1 heterocycles. The molecule has 0 bridgehead atoms. The second kappa shape index (κ2) is 19.3. The maximum atomic E-state index is 14.5. The van der Waals surface area contributed by atoms with E-state index in [0.717, 1.165) is 37.7 Å². The molecule has 1 saturated carbocycles. The van der Waals surface area contributed by atoms with Crippen LogP contribution in [0.5, 0.6) is 0 Å². The second-order valence-electron chi connectivity index (χ2n) is 15.3. The van der Waals surface area contributed by atoms with Crippen LogP contribution in [-0.4, -0.2) is 83.0 Å². The third-order valence-corrected chi connectivity index (χ3v) is 9.91. The lowest BCUT2D eigenvalue weighted by Gasteiger charge is -2.35. The molecule has 292 valence electrons. The number of carbonyl (C=O) groups is 7. The van der Waals surface area contributed by atoms with Gasteiger partial charge in [0, 0.05) is 12.5 Å². The molecule has 1 aliphatic heterocycles. The molecule has 13 heteroatoms. The highest BCUT2D eigenvalue weighted by Gasteiger charge is 2.45. The van der Waals surface area contributed by atoms with Crippen molar-refractivity contribution in [1.82, 2.24) is 26.2 Å². The van der Waals surface area contributed by atoms with Gasteiger partial charge in [0.15, 0.2) is 5.78 Å². The van der Waals surface area contributed by atoms with Gasteiger partial charge in [-0.1, -0.05) is 93.3 Å². The molecule has 4 rings (SSSR count).